The monoisotopic (exact) mass is 364 g/mol. The van der Waals surface area contributed by atoms with E-state index in [9.17, 15) is 5.26 Å². The van der Waals surface area contributed by atoms with E-state index in [1.807, 2.05) is 60.0 Å². The highest BCUT2D eigenvalue weighted by molar-refractivity contribution is 8.16. The van der Waals surface area contributed by atoms with Crippen LogP contribution in [0.3, 0.4) is 0 Å². The van der Waals surface area contributed by atoms with E-state index >= 15 is 0 Å². The summed E-state index contributed by atoms with van der Waals surface area (Å²) < 4.78 is 0. The molecule has 0 fully saturated rings. The Balaban J connectivity index is 1.86. The minimum Gasteiger partial charge on any atom is -0.383 e. The van der Waals surface area contributed by atoms with Gasteiger partial charge in [-0.25, -0.2) is 4.99 Å². The lowest BCUT2D eigenvalue weighted by Crippen LogP contribution is -2.34. The molecular weight excluding hydrogens is 352 g/mol. The van der Waals surface area contributed by atoms with Crippen molar-refractivity contribution in [1.29, 1.82) is 5.26 Å². The second-order valence-electron chi connectivity index (χ2n) is 5.62. The number of rotatable bonds is 2. The first-order valence-electron chi connectivity index (χ1n) is 7.64. The molecule has 2 aromatic carbocycles. The summed E-state index contributed by atoms with van der Waals surface area (Å²) in [6.07, 6.45) is 0. The van der Waals surface area contributed by atoms with Gasteiger partial charge in [0.05, 0.1) is 11.3 Å². The lowest BCUT2D eigenvalue weighted by Gasteiger charge is -2.34. The van der Waals surface area contributed by atoms with E-state index < -0.39 is 0 Å². The molecule has 2 aromatic rings. The van der Waals surface area contributed by atoms with Gasteiger partial charge in [-0.3, -0.25) is 0 Å². The minimum atomic E-state index is -0.323. The predicted octanol–water partition coefficient (Wildman–Crippen LogP) is 4.49. The second kappa shape index (κ2) is 6.32. The molecule has 6 heteroatoms. The van der Waals surface area contributed by atoms with Gasteiger partial charge in [0.1, 0.15) is 17.9 Å². The number of halogens is 1. The minimum absolute atomic E-state index is 0.268. The quantitative estimate of drug-likeness (QED) is 0.852. The summed E-state index contributed by atoms with van der Waals surface area (Å²) in [5.74, 6) is 0.268. The molecule has 4 nitrogen and oxygen atoms in total. The normalized spacial score (nSPS) is 19.2. The number of nitrogens with two attached hydrogens (primary N) is 1. The van der Waals surface area contributed by atoms with Crippen molar-refractivity contribution >= 4 is 34.2 Å². The molecule has 1 unspecified atom stereocenters. The zero-order chi connectivity index (χ0) is 17.4. The molecule has 0 amide bonds. The number of aliphatic imine (C=N–C) groups is 1. The Bertz CT molecular complexity index is 955. The van der Waals surface area contributed by atoms with Gasteiger partial charge in [-0.15, -0.1) is 0 Å². The molecule has 0 saturated heterocycles. The molecule has 25 heavy (non-hydrogen) atoms. The van der Waals surface area contributed by atoms with Crippen LogP contribution in [0.5, 0.6) is 0 Å². The fourth-order valence-electron chi connectivity index (χ4n) is 2.98. The summed E-state index contributed by atoms with van der Waals surface area (Å²) in [6, 6.07) is 19.5. The number of fused-ring (bicyclic) bond motifs is 1. The van der Waals surface area contributed by atoms with Gasteiger partial charge >= 0.3 is 0 Å². The van der Waals surface area contributed by atoms with Crippen molar-refractivity contribution in [3.8, 4) is 6.07 Å². The number of hydrogen-bond donors (Lipinski definition) is 1. The van der Waals surface area contributed by atoms with Gasteiger partial charge in [0, 0.05) is 10.4 Å². The van der Waals surface area contributed by atoms with Crippen molar-refractivity contribution in [2.45, 2.75) is 6.04 Å². The molecule has 122 valence electrons. The number of hydrogen-bond acceptors (Lipinski definition) is 5. The molecule has 0 radical (unpaired) electrons. The summed E-state index contributed by atoms with van der Waals surface area (Å²) >= 11 is 7.54. The maximum absolute atomic E-state index is 9.69. The Labute approximate surface area is 154 Å². The molecule has 0 aromatic heterocycles. The fourth-order valence-corrected chi connectivity index (χ4v) is 4.04. The van der Waals surface area contributed by atoms with Crippen LogP contribution in [0.15, 0.2) is 76.4 Å². The van der Waals surface area contributed by atoms with E-state index in [-0.39, 0.29) is 11.9 Å². The van der Waals surface area contributed by atoms with E-state index in [4.69, 9.17) is 17.3 Å². The Morgan fingerprint density at radius 2 is 1.84 bits per heavy atom. The van der Waals surface area contributed by atoms with Crippen molar-refractivity contribution < 1.29 is 0 Å². The predicted molar refractivity (Wildman–Crippen MR) is 102 cm³/mol. The fraction of sp³-hybridized carbons (Fsp3) is 0.0526. The third kappa shape index (κ3) is 2.70. The summed E-state index contributed by atoms with van der Waals surface area (Å²) in [6.45, 7) is 0. The number of thioether (sulfide) groups is 1. The zero-order valence-electron chi connectivity index (χ0n) is 13.1. The molecule has 4 rings (SSSR count). The third-order valence-corrected chi connectivity index (χ3v) is 5.23. The average Bonchev–Trinajstić information content (AvgIpc) is 3.05. The van der Waals surface area contributed by atoms with Crippen LogP contribution in [-0.4, -0.2) is 10.1 Å². The highest BCUT2D eigenvalue weighted by Crippen LogP contribution is 2.45. The van der Waals surface area contributed by atoms with Crippen LogP contribution in [0.2, 0.25) is 5.02 Å². The molecule has 0 bridgehead atoms. The van der Waals surface area contributed by atoms with Gasteiger partial charge in [-0.2, -0.15) is 5.26 Å². The second-order valence-corrected chi connectivity index (χ2v) is 6.89. The summed E-state index contributed by atoms with van der Waals surface area (Å²) in [4.78, 5) is 6.50. The first-order valence-corrected chi connectivity index (χ1v) is 8.90. The van der Waals surface area contributed by atoms with Crippen LogP contribution in [-0.2, 0) is 0 Å². The lowest BCUT2D eigenvalue weighted by atomic mass is 9.95. The first-order chi connectivity index (χ1) is 12.2. The molecule has 2 N–H and O–H groups in total. The van der Waals surface area contributed by atoms with E-state index in [2.05, 4.69) is 16.0 Å². The molecule has 0 spiro atoms. The maximum Gasteiger partial charge on any atom is 0.175 e. The van der Waals surface area contributed by atoms with Gasteiger partial charge < -0.3 is 10.6 Å². The van der Waals surface area contributed by atoms with Crippen LogP contribution < -0.4 is 5.73 Å². The SMILES string of the molecule is N#CC1=C(N)N=C2SC=C(c3ccccc3)N2C1c1ccc(Cl)cc1. The van der Waals surface area contributed by atoms with Crippen LogP contribution in [0.4, 0.5) is 0 Å². The number of nitriles is 1. The number of benzene rings is 2. The Hall–Kier alpha value is -2.68. The standard InChI is InChI=1S/C19H13ClN4S/c20-14-8-6-13(7-9-14)17-15(10-21)18(22)23-19-24(17)16(11-25-19)12-4-2-1-3-5-12/h1-9,11,17H,22H2. The highest BCUT2D eigenvalue weighted by atomic mass is 35.5. The highest BCUT2D eigenvalue weighted by Gasteiger charge is 2.38. The van der Waals surface area contributed by atoms with Gasteiger partial charge in [0.15, 0.2) is 5.17 Å². The van der Waals surface area contributed by atoms with Crippen molar-refractivity contribution in [3.05, 3.63) is 87.5 Å². The summed E-state index contributed by atoms with van der Waals surface area (Å²) in [5, 5.41) is 13.2. The topological polar surface area (TPSA) is 65.4 Å². The van der Waals surface area contributed by atoms with Gasteiger partial charge in [0.25, 0.3) is 0 Å². The van der Waals surface area contributed by atoms with Crippen molar-refractivity contribution in [1.82, 2.24) is 4.90 Å². The van der Waals surface area contributed by atoms with E-state index in [0.717, 1.165) is 22.0 Å². The van der Waals surface area contributed by atoms with Crippen molar-refractivity contribution in [2.75, 3.05) is 0 Å². The Morgan fingerprint density at radius 1 is 1.12 bits per heavy atom. The Morgan fingerprint density at radius 3 is 2.52 bits per heavy atom. The van der Waals surface area contributed by atoms with E-state index in [1.165, 1.54) is 11.8 Å². The van der Waals surface area contributed by atoms with Gasteiger partial charge in [0.2, 0.25) is 0 Å². The maximum atomic E-state index is 9.69. The van der Waals surface area contributed by atoms with Gasteiger partial charge in [-0.05, 0) is 23.3 Å². The molecule has 2 aliphatic rings. The molecule has 2 aliphatic heterocycles. The smallest absolute Gasteiger partial charge is 0.175 e. The van der Waals surface area contributed by atoms with Crippen LogP contribution in [0.1, 0.15) is 17.2 Å². The van der Waals surface area contributed by atoms with Crippen molar-refractivity contribution in [3.63, 3.8) is 0 Å². The van der Waals surface area contributed by atoms with Crippen LogP contribution in [0.25, 0.3) is 5.70 Å². The summed E-state index contributed by atoms with van der Waals surface area (Å²) in [5.41, 5.74) is 9.52. The number of nitrogens with zero attached hydrogens (tertiary/aromatic N) is 3. The lowest BCUT2D eigenvalue weighted by molar-refractivity contribution is 0.490. The molecule has 0 aliphatic carbocycles. The molecule has 0 saturated carbocycles. The van der Waals surface area contributed by atoms with E-state index in [1.54, 1.807) is 0 Å². The van der Waals surface area contributed by atoms with Crippen LogP contribution in [0, 0.1) is 11.3 Å². The van der Waals surface area contributed by atoms with Crippen LogP contribution >= 0.6 is 23.4 Å². The summed E-state index contributed by atoms with van der Waals surface area (Å²) in [7, 11) is 0. The molecule has 1 atom stereocenters. The van der Waals surface area contributed by atoms with Crippen molar-refractivity contribution in [2.24, 2.45) is 10.7 Å². The zero-order valence-corrected chi connectivity index (χ0v) is 14.6. The van der Waals surface area contributed by atoms with E-state index in [0.29, 0.717) is 10.6 Å². The molecular formula is C19H13ClN4S. The molecule has 2 heterocycles. The Kier molecular flexibility index (Phi) is 4.00. The third-order valence-electron chi connectivity index (χ3n) is 4.14. The largest absolute Gasteiger partial charge is 0.383 e. The number of amidine groups is 1. The first kappa shape index (κ1) is 15.8. The van der Waals surface area contributed by atoms with Gasteiger partial charge in [-0.1, -0.05) is 65.8 Å². The average molecular weight is 365 g/mol.